The molecule has 30 heavy (non-hydrogen) atoms. The van der Waals surface area contributed by atoms with E-state index in [0.29, 0.717) is 13.2 Å². The first-order chi connectivity index (χ1) is 14.0. The van der Waals surface area contributed by atoms with E-state index in [1.165, 1.54) is 0 Å². The molecular weight excluding hydrogens is 388 g/mol. The summed E-state index contributed by atoms with van der Waals surface area (Å²) in [5.74, 6) is 0. The van der Waals surface area contributed by atoms with E-state index in [4.69, 9.17) is 29.0 Å². The van der Waals surface area contributed by atoms with Gasteiger partial charge in [-0.1, -0.05) is 41.5 Å². The van der Waals surface area contributed by atoms with E-state index < -0.39 is 6.16 Å². The zero-order valence-electron chi connectivity index (χ0n) is 19.7. The van der Waals surface area contributed by atoms with Crippen LogP contribution in [0.2, 0.25) is 0 Å². The first-order valence-corrected chi connectivity index (χ1v) is 11.4. The Balaban J connectivity index is 1.54. The molecule has 0 unspecified atom stereocenters. The fraction of sp³-hybridized carbons (Fsp3) is 0.957. The highest BCUT2D eigenvalue weighted by Gasteiger charge is 2.29. The van der Waals surface area contributed by atoms with Gasteiger partial charge in [-0.2, -0.15) is 0 Å². The van der Waals surface area contributed by atoms with Gasteiger partial charge >= 0.3 is 6.16 Å². The van der Waals surface area contributed by atoms with Crippen molar-refractivity contribution in [2.45, 2.75) is 117 Å². The molecule has 0 amide bonds. The Morgan fingerprint density at radius 1 is 0.600 bits per heavy atom. The van der Waals surface area contributed by atoms with Crippen LogP contribution in [-0.4, -0.2) is 43.8 Å². The third-order valence-electron chi connectivity index (χ3n) is 5.16. The van der Waals surface area contributed by atoms with E-state index in [1.807, 2.05) is 0 Å². The topological polar surface area (TPSA) is 72.5 Å². The summed E-state index contributed by atoms with van der Waals surface area (Å²) in [6.45, 7) is 13.7. The summed E-state index contributed by atoms with van der Waals surface area (Å²) in [6.07, 6.45) is 5.71. The van der Waals surface area contributed by atoms with E-state index in [1.54, 1.807) is 0 Å². The molecule has 0 radical (unpaired) electrons. The minimum absolute atomic E-state index is 0.0685. The van der Waals surface area contributed by atoms with Crippen molar-refractivity contribution in [1.82, 2.24) is 0 Å². The molecule has 2 aliphatic carbocycles. The highest BCUT2D eigenvalue weighted by Crippen LogP contribution is 2.27. The molecule has 7 heteroatoms. The van der Waals surface area contributed by atoms with Crippen molar-refractivity contribution in [3.05, 3.63) is 0 Å². The van der Waals surface area contributed by atoms with Crippen LogP contribution in [0.1, 0.15) is 92.9 Å². The molecule has 0 heterocycles. The predicted molar refractivity (Wildman–Crippen MR) is 113 cm³/mol. The molecule has 176 valence electrons. The second kappa shape index (κ2) is 11.7. The molecule has 0 atom stereocenters. The third-order valence-corrected chi connectivity index (χ3v) is 5.16. The van der Waals surface area contributed by atoms with Crippen LogP contribution >= 0.6 is 0 Å². The molecular formula is C23H42O7. The van der Waals surface area contributed by atoms with Crippen molar-refractivity contribution in [2.24, 2.45) is 10.8 Å². The molecule has 0 aromatic heterocycles. The van der Waals surface area contributed by atoms with Crippen molar-refractivity contribution in [1.29, 1.82) is 0 Å². The van der Waals surface area contributed by atoms with E-state index in [2.05, 4.69) is 41.5 Å². The van der Waals surface area contributed by atoms with Gasteiger partial charge < -0.3 is 9.47 Å². The lowest BCUT2D eigenvalue weighted by Crippen LogP contribution is -2.32. The monoisotopic (exact) mass is 430 g/mol. The van der Waals surface area contributed by atoms with Crippen LogP contribution in [0.25, 0.3) is 0 Å². The minimum atomic E-state index is -0.559. The second-order valence-electron chi connectivity index (χ2n) is 11.1. The van der Waals surface area contributed by atoms with Crippen molar-refractivity contribution in [2.75, 3.05) is 13.2 Å². The smallest absolute Gasteiger partial charge is 0.431 e. The minimum Gasteiger partial charge on any atom is -0.431 e. The Hall–Kier alpha value is -0.890. The number of hydrogen-bond donors (Lipinski definition) is 0. The van der Waals surface area contributed by atoms with E-state index in [0.717, 1.165) is 51.4 Å². The molecule has 0 saturated heterocycles. The lowest BCUT2D eigenvalue weighted by Gasteiger charge is -2.30. The summed E-state index contributed by atoms with van der Waals surface area (Å²) in [6, 6.07) is 0. The molecule has 0 aliphatic heterocycles. The van der Waals surface area contributed by atoms with Crippen LogP contribution in [0, 0.1) is 10.8 Å². The molecule has 2 rings (SSSR count). The number of carbonyl (C=O) groups is 1. The van der Waals surface area contributed by atoms with E-state index in [9.17, 15) is 4.79 Å². The van der Waals surface area contributed by atoms with Crippen molar-refractivity contribution < 1.29 is 33.8 Å². The zero-order chi connectivity index (χ0) is 22.2. The van der Waals surface area contributed by atoms with Crippen LogP contribution in [0.5, 0.6) is 0 Å². The van der Waals surface area contributed by atoms with Gasteiger partial charge in [0.05, 0.1) is 25.4 Å². The molecule has 0 bridgehead atoms. The van der Waals surface area contributed by atoms with Crippen molar-refractivity contribution >= 4 is 6.16 Å². The average molecular weight is 431 g/mol. The normalized spacial score (nSPS) is 28.2. The number of rotatable bonds is 8. The lowest BCUT2D eigenvalue weighted by molar-refractivity contribution is -0.340. The SMILES string of the molecule is CC(C)(C)COOC1CCC(OC(=O)OC2CCC(OOCC(C)(C)C)CC2)CC1. The highest BCUT2D eigenvalue weighted by molar-refractivity contribution is 5.60. The van der Waals surface area contributed by atoms with Gasteiger partial charge in [-0.05, 0) is 62.2 Å². The Labute approximate surface area is 181 Å². The van der Waals surface area contributed by atoms with Gasteiger partial charge in [0.15, 0.2) is 0 Å². The van der Waals surface area contributed by atoms with E-state index in [-0.39, 0.29) is 35.2 Å². The number of hydrogen-bond acceptors (Lipinski definition) is 7. The van der Waals surface area contributed by atoms with Gasteiger partial charge in [0.25, 0.3) is 0 Å². The van der Waals surface area contributed by atoms with Gasteiger partial charge in [0.2, 0.25) is 0 Å². The predicted octanol–water partition coefficient (Wildman–Crippen LogP) is 5.75. The Morgan fingerprint density at radius 3 is 1.20 bits per heavy atom. The fourth-order valence-electron chi connectivity index (χ4n) is 3.41. The third kappa shape index (κ3) is 10.9. The summed E-state index contributed by atoms with van der Waals surface area (Å²) >= 11 is 0. The Morgan fingerprint density at radius 2 is 0.900 bits per heavy atom. The molecule has 2 fully saturated rings. The van der Waals surface area contributed by atoms with E-state index >= 15 is 0 Å². The molecule has 0 aromatic rings. The summed E-state index contributed by atoms with van der Waals surface area (Å²) in [4.78, 5) is 33.8. The average Bonchev–Trinajstić information content (AvgIpc) is 2.62. The largest absolute Gasteiger partial charge is 0.508 e. The second-order valence-corrected chi connectivity index (χ2v) is 11.1. The Bertz CT molecular complexity index is 449. The molecule has 2 saturated carbocycles. The highest BCUT2D eigenvalue weighted by atomic mass is 17.2. The fourth-order valence-corrected chi connectivity index (χ4v) is 3.41. The first-order valence-electron chi connectivity index (χ1n) is 11.4. The molecule has 0 aromatic carbocycles. The maximum absolute atomic E-state index is 12.2. The molecule has 0 spiro atoms. The van der Waals surface area contributed by atoms with Crippen LogP contribution in [0.4, 0.5) is 4.79 Å². The molecule has 7 nitrogen and oxygen atoms in total. The summed E-state index contributed by atoms with van der Waals surface area (Å²) < 4.78 is 11.0. The van der Waals surface area contributed by atoms with Gasteiger partial charge in [-0.15, -0.1) is 0 Å². The van der Waals surface area contributed by atoms with Crippen LogP contribution in [-0.2, 0) is 29.0 Å². The zero-order valence-corrected chi connectivity index (χ0v) is 19.7. The number of carbonyl (C=O) groups excluding carboxylic acids is 1. The van der Waals surface area contributed by atoms with Crippen LogP contribution in [0.3, 0.4) is 0 Å². The summed E-state index contributed by atoms with van der Waals surface area (Å²) in [7, 11) is 0. The quantitative estimate of drug-likeness (QED) is 0.276. The molecule has 0 N–H and O–H groups in total. The standard InChI is InChI=1S/C23H42O7/c1-22(2,3)15-25-29-19-11-7-17(8-12-19)27-21(24)28-18-9-13-20(14-10-18)30-26-16-23(4,5)6/h17-20H,7-16H2,1-6H3. The first kappa shape index (κ1) is 25.4. The molecule has 2 aliphatic rings. The van der Waals surface area contributed by atoms with Crippen LogP contribution in [0.15, 0.2) is 0 Å². The summed E-state index contributed by atoms with van der Waals surface area (Å²) in [5, 5.41) is 0. The van der Waals surface area contributed by atoms with Crippen LogP contribution < -0.4 is 0 Å². The number of ether oxygens (including phenoxy) is 2. The van der Waals surface area contributed by atoms with Gasteiger partial charge in [0, 0.05) is 0 Å². The lowest BCUT2D eigenvalue weighted by atomic mass is 9.95. The Kier molecular flexibility index (Phi) is 9.85. The summed E-state index contributed by atoms with van der Waals surface area (Å²) in [5.41, 5.74) is 0.156. The van der Waals surface area contributed by atoms with Gasteiger partial charge in [0.1, 0.15) is 12.2 Å². The maximum Gasteiger partial charge on any atom is 0.508 e. The van der Waals surface area contributed by atoms with Crippen molar-refractivity contribution in [3.63, 3.8) is 0 Å². The van der Waals surface area contributed by atoms with Gasteiger partial charge in [-0.3, -0.25) is 0 Å². The maximum atomic E-state index is 12.2. The van der Waals surface area contributed by atoms with Gasteiger partial charge in [-0.25, -0.2) is 24.3 Å². The van der Waals surface area contributed by atoms with Crippen molar-refractivity contribution in [3.8, 4) is 0 Å².